The van der Waals surface area contributed by atoms with Gasteiger partial charge in [0.15, 0.2) is 12.1 Å². The highest BCUT2D eigenvalue weighted by Crippen LogP contribution is 2.59. The zero-order chi connectivity index (χ0) is 90.3. The number of hydrogen-bond acceptors (Lipinski definition) is 20. The van der Waals surface area contributed by atoms with E-state index >= 15 is 28.8 Å². The van der Waals surface area contributed by atoms with Crippen LogP contribution in [0.1, 0.15) is 151 Å². The fraction of sp³-hybridized carbons (Fsp3) is 0.255. The van der Waals surface area contributed by atoms with Crippen LogP contribution in [0.4, 0.5) is 0 Å². The van der Waals surface area contributed by atoms with Crippen LogP contribution < -0.4 is 37.9 Å². The molecule has 672 valence electrons. The summed E-state index contributed by atoms with van der Waals surface area (Å²) in [7, 11) is 3.42. The Morgan fingerprint density at radius 2 is 0.545 bits per heavy atom. The minimum Gasteiger partial charge on any atom is -0.467 e. The van der Waals surface area contributed by atoms with E-state index in [0.29, 0.717) is 98.1 Å². The van der Waals surface area contributed by atoms with Gasteiger partial charge >= 0.3 is 0 Å². The number of furan rings is 2. The normalized spacial score (nSPS) is 18.4. The summed E-state index contributed by atoms with van der Waals surface area (Å²) in [5.41, 5.74) is 3.87. The molecule has 6 aliphatic heterocycles. The smallest absolute Gasteiger partial charge is 0.262 e. The van der Waals surface area contributed by atoms with E-state index in [1.54, 1.807) is 169 Å². The predicted octanol–water partition coefficient (Wildman–Crippen LogP) is 23.3. The van der Waals surface area contributed by atoms with Gasteiger partial charge in [-0.15, -0.1) is 0 Å². The molecule has 0 radical (unpaired) electrons. The van der Waals surface area contributed by atoms with Gasteiger partial charge in [0, 0.05) is 95.0 Å². The Hall–Kier alpha value is -14.8. The molecule has 0 N–H and O–H groups in total. The Morgan fingerprint density at radius 3 is 0.776 bits per heavy atom. The average molecular weight is 1790 g/mol. The molecule has 8 aliphatic rings. The number of rotatable bonds is 32. The highest BCUT2D eigenvalue weighted by Gasteiger charge is 2.50. The third-order valence-electron chi connectivity index (χ3n) is 26.7. The summed E-state index contributed by atoms with van der Waals surface area (Å²) in [6.45, 7) is 2.76. The van der Waals surface area contributed by atoms with Crippen molar-refractivity contribution in [2.45, 2.75) is 138 Å². The number of ether oxygens (including phenoxy) is 12. The molecule has 0 spiro atoms. The largest absolute Gasteiger partial charge is 0.467 e. The second-order valence-electron chi connectivity index (χ2n) is 35.9. The molecule has 134 heavy (non-hydrogen) atoms. The van der Waals surface area contributed by atoms with Crippen molar-refractivity contribution >= 4 is 78.5 Å². The molecule has 24 heteroatoms. The molecule has 2 saturated carbocycles. The second kappa shape index (κ2) is 35.0. The van der Waals surface area contributed by atoms with Gasteiger partial charge in [-0.2, -0.15) is 0 Å². The molecule has 24 nitrogen and oxygen atoms in total. The molecule has 13 aromatic carbocycles. The maximum Gasteiger partial charge on any atom is 0.262 e. The number of hydrogen-bond donors (Lipinski definition) is 0. The van der Waals surface area contributed by atoms with Crippen LogP contribution in [0.15, 0.2) is 264 Å². The van der Waals surface area contributed by atoms with E-state index in [2.05, 4.69) is 0 Å². The molecule has 8 heterocycles. The van der Waals surface area contributed by atoms with Crippen molar-refractivity contribution in [3.8, 4) is 92.0 Å². The van der Waals surface area contributed by atoms with Gasteiger partial charge in [-0.3, -0.25) is 38.6 Å². The average Bonchev–Trinajstić information content (AvgIpc) is 1.13. The van der Waals surface area contributed by atoms with E-state index < -0.39 is 47.5 Å². The van der Waals surface area contributed by atoms with Crippen molar-refractivity contribution in [1.82, 2.24) is 19.6 Å². The minimum atomic E-state index is -1.65. The van der Waals surface area contributed by atoms with Crippen LogP contribution in [0.3, 0.4) is 0 Å². The number of fused-ring (bicyclic) bond motifs is 2. The van der Waals surface area contributed by atoms with Gasteiger partial charge in [-0.05, 0) is 242 Å². The molecule has 6 unspecified atom stereocenters. The lowest BCUT2D eigenvalue weighted by atomic mass is 9.80. The van der Waals surface area contributed by atoms with Crippen LogP contribution in [0.25, 0.3) is 43.1 Å². The number of benzene rings is 13. The van der Waals surface area contributed by atoms with Gasteiger partial charge in [-0.25, -0.2) is 0 Å². The summed E-state index contributed by atoms with van der Waals surface area (Å²) in [5.74, 6) is 0.566. The number of likely N-dealkylation sites (N-methyl/N-ethyl adjacent to an activating group) is 2. The Bertz CT molecular complexity index is 6310. The van der Waals surface area contributed by atoms with Crippen LogP contribution in [-0.4, -0.2) is 132 Å². The maximum atomic E-state index is 17.1. The third kappa shape index (κ3) is 16.8. The van der Waals surface area contributed by atoms with Gasteiger partial charge < -0.3 is 75.5 Å². The Balaban J connectivity index is 0.781. The second-order valence-corrected chi connectivity index (χ2v) is 35.9. The molecule has 4 saturated heterocycles. The summed E-state index contributed by atoms with van der Waals surface area (Å²) in [4.78, 5) is 106. The topological polar surface area (TPSA) is 266 Å². The van der Waals surface area contributed by atoms with Gasteiger partial charge in [0.05, 0.1) is 85.6 Å². The van der Waals surface area contributed by atoms with E-state index in [9.17, 15) is 0 Å². The van der Waals surface area contributed by atoms with Crippen LogP contribution in [0.2, 0.25) is 0 Å². The van der Waals surface area contributed by atoms with Crippen molar-refractivity contribution < 1.29 is 94.4 Å². The highest BCUT2D eigenvalue weighted by molar-refractivity contribution is 6.45. The van der Waals surface area contributed by atoms with E-state index in [0.717, 1.165) is 96.3 Å². The minimum absolute atomic E-state index is 0.0113. The number of carbonyl (C=O) groups is 6. The lowest BCUT2D eigenvalue weighted by molar-refractivity contribution is -0.138. The molecule has 0 bridgehead atoms. The number of nitrogens with zero attached hydrogens (tertiary/aromatic N) is 4. The first kappa shape index (κ1) is 83.5. The summed E-state index contributed by atoms with van der Waals surface area (Å²) in [6.07, 6.45) is 14.6. The molecule has 2 aliphatic carbocycles. The van der Waals surface area contributed by atoms with Crippen molar-refractivity contribution in [3.63, 3.8) is 0 Å². The molecule has 2 aromatic heterocycles. The van der Waals surface area contributed by atoms with E-state index in [1.807, 2.05) is 97.1 Å². The zero-order valence-corrected chi connectivity index (χ0v) is 73.5. The van der Waals surface area contributed by atoms with Crippen molar-refractivity contribution in [2.75, 3.05) is 40.5 Å². The zero-order valence-electron chi connectivity index (χ0n) is 73.5. The first-order chi connectivity index (χ1) is 65.6. The molecular formula is C110H92N4O20. The van der Waals surface area contributed by atoms with Crippen LogP contribution in [0, 0.1) is 0 Å². The van der Waals surface area contributed by atoms with Crippen molar-refractivity contribution in [2.24, 2.45) is 0 Å². The molecule has 6 atom stereocenters. The Morgan fingerprint density at radius 1 is 0.299 bits per heavy atom. The van der Waals surface area contributed by atoms with Crippen LogP contribution >= 0.6 is 0 Å². The van der Waals surface area contributed by atoms with Crippen molar-refractivity contribution in [3.05, 3.63) is 311 Å². The summed E-state index contributed by atoms with van der Waals surface area (Å²) >= 11 is 0. The molecule has 15 aromatic rings. The van der Waals surface area contributed by atoms with Gasteiger partial charge in [0.1, 0.15) is 104 Å². The number of epoxide rings is 4. The standard InChI is InChI=1S/C110H92N4O20/c1-111(67-19-5-3-6-20-67)109(119)103(89-27-13-45-121-89)113-105(115)85-55-91(131-73-37-29-69(30-38-73)127-77-23-9-15-63(47-77)51-81-59-123-81)97-99-93(133-75-41-33-71(34-42-75)129-79-25-11-17-65(49-79)53-83-61-125-83)57-87-96-88(108(118)114(107(87)117)104(90-28-14-46-122-90)110(120)112(2)68-21-7-4-8-22-68)58-94(134-76-43-35-72(36-44-76)130-80-26-12-18-66(50-80)54-84-62-126-84)100(102(96)99)98-92(56-86(106(113)116)95(85)101(97)98)132-74-39-31-70(32-40-74)128-78-24-10-16-64(48-78)52-82-60-124-82/h9-18,23-50,55-58,67-68,81-84,103-104H,3-8,19-22,51-54,59-62H2,1-2H3. The highest BCUT2D eigenvalue weighted by atomic mass is 16.6. The fourth-order valence-corrected chi connectivity index (χ4v) is 19.7. The van der Waals surface area contributed by atoms with Gasteiger partial charge in [-0.1, -0.05) is 87.1 Å². The van der Waals surface area contributed by atoms with Gasteiger partial charge in [0.25, 0.3) is 35.4 Å². The first-order valence-electron chi connectivity index (χ1n) is 46.0. The monoisotopic (exact) mass is 1790 g/mol. The summed E-state index contributed by atoms with van der Waals surface area (Å²) in [5, 5.41) is 1.34. The number of imide groups is 2. The predicted molar refractivity (Wildman–Crippen MR) is 497 cm³/mol. The Labute approximate surface area is 770 Å². The summed E-state index contributed by atoms with van der Waals surface area (Å²) in [6, 6.07) is 68.1. The summed E-state index contributed by atoms with van der Waals surface area (Å²) < 4.78 is 91.2. The van der Waals surface area contributed by atoms with Gasteiger partial charge in [0.2, 0.25) is 0 Å². The third-order valence-corrected chi connectivity index (χ3v) is 26.7. The van der Waals surface area contributed by atoms with Crippen molar-refractivity contribution in [1.29, 1.82) is 0 Å². The first-order valence-corrected chi connectivity index (χ1v) is 46.0. The van der Waals surface area contributed by atoms with E-state index in [4.69, 9.17) is 65.7 Å². The maximum absolute atomic E-state index is 17.1. The molecule has 23 rings (SSSR count). The lowest BCUT2D eigenvalue weighted by Gasteiger charge is -2.38. The molecular weight excluding hydrogens is 1700 g/mol. The molecule has 6 amide bonds. The quantitative estimate of drug-likeness (QED) is 0.0164. The van der Waals surface area contributed by atoms with E-state index in [-0.39, 0.29) is 159 Å². The van der Waals surface area contributed by atoms with Crippen LogP contribution in [-0.2, 0) is 54.2 Å². The SMILES string of the molecule is CN(C(=O)C(c1ccco1)N1C(=O)c2cc(Oc3ccc(Oc4cccc(CC5CO5)c4)cc3)c3c4c(Oc5ccc(Oc6cccc(CC7CO7)c6)cc5)cc5c6c(cc(Oc7ccc(Oc8cccc(CC9CO9)c8)cc7)c(c7c(Oc8ccc(Oc9cccc(CC%10CO%10)c9)cc8)cc(c2c37)C1=O)c64)C(=O)N(C(C(=O)N(C)C1CCCCC1)c1ccco1)C5=O)C1CCCCC1. The number of amides is 6. The fourth-order valence-electron chi connectivity index (χ4n) is 19.7. The van der Waals surface area contributed by atoms with Crippen LogP contribution in [0.5, 0.6) is 92.0 Å². The lowest BCUT2D eigenvalue weighted by Crippen LogP contribution is -2.51. The number of carbonyl (C=O) groups excluding carboxylic acids is 6. The Kier molecular flexibility index (Phi) is 21.8. The van der Waals surface area contributed by atoms with E-state index in [1.165, 1.54) is 12.5 Å². The molecule has 6 fully saturated rings.